The Bertz CT molecular complexity index is 515. The molecule has 1 aromatic rings. The van der Waals surface area contributed by atoms with Crippen molar-refractivity contribution in [3.63, 3.8) is 0 Å². The molecule has 1 unspecified atom stereocenters. The van der Waals surface area contributed by atoms with Crippen LogP contribution in [0.2, 0.25) is 0 Å². The van der Waals surface area contributed by atoms with Crippen molar-refractivity contribution < 1.29 is 14.5 Å². The number of carbonyl (C=O) groups is 1. The summed E-state index contributed by atoms with van der Waals surface area (Å²) in [6.45, 7) is 6.79. The molecule has 0 aromatic heterocycles. The van der Waals surface area contributed by atoms with Gasteiger partial charge in [-0.05, 0) is 20.8 Å². The number of hydrogen-bond donors (Lipinski definition) is 1. The second-order valence-corrected chi connectivity index (χ2v) is 4.55. The van der Waals surface area contributed by atoms with Crippen LogP contribution in [-0.4, -0.2) is 42.0 Å². The van der Waals surface area contributed by atoms with Gasteiger partial charge in [-0.3, -0.25) is 14.9 Å². The third-order valence-corrected chi connectivity index (χ3v) is 3.17. The van der Waals surface area contributed by atoms with E-state index in [9.17, 15) is 14.9 Å². The monoisotopic (exact) mass is 295 g/mol. The Morgan fingerprint density at radius 2 is 2.00 bits per heavy atom. The highest BCUT2D eigenvalue weighted by atomic mass is 16.6. The van der Waals surface area contributed by atoms with E-state index < -0.39 is 11.0 Å². The van der Waals surface area contributed by atoms with Crippen LogP contribution in [0, 0.1) is 10.1 Å². The zero-order chi connectivity index (χ0) is 16.0. The molecule has 0 spiro atoms. The Balaban J connectivity index is 2.93. The van der Waals surface area contributed by atoms with E-state index >= 15 is 0 Å². The van der Waals surface area contributed by atoms with Gasteiger partial charge in [-0.15, -0.1) is 0 Å². The van der Waals surface area contributed by atoms with Gasteiger partial charge in [0.15, 0.2) is 0 Å². The number of anilines is 1. The predicted octanol–water partition coefficient (Wildman–Crippen LogP) is 2.27. The van der Waals surface area contributed by atoms with E-state index in [1.807, 2.05) is 13.8 Å². The average molecular weight is 295 g/mol. The van der Waals surface area contributed by atoms with E-state index in [4.69, 9.17) is 4.74 Å². The third-order valence-electron chi connectivity index (χ3n) is 3.17. The number of hydrogen-bond acceptors (Lipinski definition) is 5. The summed E-state index contributed by atoms with van der Waals surface area (Å²) in [7, 11) is 1.44. The van der Waals surface area contributed by atoms with Crippen molar-refractivity contribution in [1.82, 2.24) is 4.90 Å². The fourth-order valence-electron chi connectivity index (χ4n) is 2.01. The van der Waals surface area contributed by atoms with Crippen molar-refractivity contribution in [2.45, 2.75) is 26.8 Å². The minimum absolute atomic E-state index is 0.0505. The van der Waals surface area contributed by atoms with Gasteiger partial charge in [0.25, 0.3) is 5.69 Å². The van der Waals surface area contributed by atoms with Crippen LogP contribution in [0.25, 0.3) is 0 Å². The van der Waals surface area contributed by atoms with Gasteiger partial charge in [0, 0.05) is 30.9 Å². The Morgan fingerprint density at radius 1 is 1.38 bits per heavy atom. The lowest BCUT2D eigenvalue weighted by molar-refractivity contribution is -0.384. The average Bonchev–Trinajstić information content (AvgIpc) is 2.47. The van der Waals surface area contributed by atoms with Crippen molar-refractivity contribution in [1.29, 1.82) is 0 Å². The molecule has 0 radical (unpaired) electrons. The number of amides is 1. The highest BCUT2D eigenvalue weighted by Crippen LogP contribution is 2.26. The molecule has 0 bridgehead atoms. The van der Waals surface area contributed by atoms with Gasteiger partial charge in [0.2, 0.25) is 5.91 Å². The number of methoxy groups -OCH3 is 1. The summed E-state index contributed by atoms with van der Waals surface area (Å²) in [6.07, 6.45) is 0. The van der Waals surface area contributed by atoms with Crippen LogP contribution in [0.15, 0.2) is 18.2 Å². The molecule has 0 fully saturated rings. The second kappa shape index (κ2) is 7.47. The van der Waals surface area contributed by atoms with E-state index in [1.165, 1.54) is 19.2 Å². The standard InChI is InChI=1S/C14H21N3O4/c1-5-16(6-2)14(18)10(3)15-11-7-12(17(19)20)9-13(8-11)21-4/h7-10,15H,5-6H2,1-4H3. The van der Waals surface area contributed by atoms with E-state index in [0.29, 0.717) is 24.5 Å². The molecule has 21 heavy (non-hydrogen) atoms. The maximum absolute atomic E-state index is 12.2. The van der Waals surface area contributed by atoms with Gasteiger partial charge in [-0.25, -0.2) is 0 Å². The molecule has 0 saturated heterocycles. The maximum atomic E-state index is 12.2. The Morgan fingerprint density at radius 3 is 2.48 bits per heavy atom. The first-order chi connectivity index (χ1) is 9.92. The number of carbonyl (C=O) groups excluding carboxylic acids is 1. The molecule has 1 rings (SSSR count). The molecule has 7 heteroatoms. The molecule has 1 N–H and O–H groups in total. The van der Waals surface area contributed by atoms with Crippen molar-refractivity contribution in [3.8, 4) is 5.75 Å². The fraction of sp³-hybridized carbons (Fsp3) is 0.500. The minimum Gasteiger partial charge on any atom is -0.496 e. The van der Waals surface area contributed by atoms with E-state index in [0.717, 1.165) is 0 Å². The van der Waals surface area contributed by atoms with Crippen LogP contribution in [0.4, 0.5) is 11.4 Å². The zero-order valence-corrected chi connectivity index (χ0v) is 12.8. The van der Waals surface area contributed by atoms with Crippen LogP contribution in [0.5, 0.6) is 5.75 Å². The van der Waals surface area contributed by atoms with E-state index in [1.54, 1.807) is 17.9 Å². The first-order valence-corrected chi connectivity index (χ1v) is 6.81. The number of ether oxygens (including phenoxy) is 1. The minimum atomic E-state index is -0.495. The smallest absolute Gasteiger partial charge is 0.275 e. The SMILES string of the molecule is CCN(CC)C(=O)C(C)Nc1cc(OC)cc([N+](=O)[O-])c1. The van der Waals surface area contributed by atoms with Gasteiger partial charge in [0.1, 0.15) is 11.8 Å². The molecule has 0 heterocycles. The van der Waals surface area contributed by atoms with Crippen LogP contribution in [-0.2, 0) is 4.79 Å². The van der Waals surface area contributed by atoms with Crippen LogP contribution >= 0.6 is 0 Å². The summed E-state index contributed by atoms with van der Waals surface area (Å²) >= 11 is 0. The van der Waals surface area contributed by atoms with Gasteiger partial charge in [-0.2, -0.15) is 0 Å². The number of benzene rings is 1. The molecular weight excluding hydrogens is 274 g/mol. The van der Waals surface area contributed by atoms with Gasteiger partial charge >= 0.3 is 0 Å². The van der Waals surface area contributed by atoms with Crippen molar-refractivity contribution in [2.75, 3.05) is 25.5 Å². The number of nitro groups is 1. The lowest BCUT2D eigenvalue weighted by Gasteiger charge is -2.24. The molecule has 116 valence electrons. The molecule has 7 nitrogen and oxygen atoms in total. The summed E-state index contributed by atoms with van der Waals surface area (Å²) in [4.78, 5) is 24.3. The molecule has 0 aliphatic rings. The van der Waals surface area contributed by atoms with Crippen LogP contribution in [0.3, 0.4) is 0 Å². The molecule has 1 amide bonds. The topological polar surface area (TPSA) is 84.7 Å². The number of nitrogens with zero attached hydrogens (tertiary/aromatic N) is 2. The van der Waals surface area contributed by atoms with Crippen LogP contribution in [0.1, 0.15) is 20.8 Å². The molecule has 1 atom stereocenters. The fourth-order valence-corrected chi connectivity index (χ4v) is 2.01. The second-order valence-electron chi connectivity index (χ2n) is 4.55. The number of likely N-dealkylation sites (N-methyl/N-ethyl adjacent to an activating group) is 1. The summed E-state index contributed by atoms with van der Waals surface area (Å²) in [5.41, 5.74) is 0.397. The van der Waals surface area contributed by atoms with Gasteiger partial charge in [-0.1, -0.05) is 0 Å². The normalized spacial score (nSPS) is 11.6. The molecular formula is C14H21N3O4. The Kier molecular flexibility index (Phi) is 5.95. The van der Waals surface area contributed by atoms with Crippen molar-refractivity contribution in [3.05, 3.63) is 28.3 Å². The number of nitrogens with one attached hydrogen (secondary N) is 1. The summed E-state index contributed by atoms with van der Waals surface area (Å²) in [6, 6.07) is 3.87. The van der Waals surface area contributed by atoms with Crippen molar-refractivity contribution >= 4 is 17.3 Å². The van der Waals surface area contributed by atoms with Crippen LogP contribution < -0.4 is 10.1 Å². The van der Waals surface area contributed by atoms with Gasteiger partial charge in [0.05, 0.1) is 18.1 Å². The molecule has 1 aromatic carbocycles. The molecule has 0 aliphatic carbocycles. The zero-order valence-electron chi connectivity index (χ0n) is 12.8. The molecule has 0 saturated carbocycles. The summed E-state index contributed by atoms with van der Waals surface area (Å²) in [5, 5.41) is 13.9. The first kappa shape index (κ1) is 16.7. The van der Waals surface area contributed by atoms with E-state index in [-0.39, 0.29) is 11.6 Å². The Hall–Kier alpha value is -2.31. The lowest BCUT2D eigenvalue weighted by atomic mass is 10.2. The highest BCUT2D eigenvalue weighted by Gasteiger charge is 2.19. The summed E-state index contributed by atoms with van der Waals surface area (Å²) < 4.78 is 5.04. The number of rotatable bonds is 7. The van der Waals surface area contributed by atoms with Crippen molar-refractivity contribution in [2.24, 2.45) is 0 Å². The number of nitro benzene ring substituents is 1. The Labute approximate surface area is 124 Å². The predicted molar refractivity (Wildman–Crippen MR) is 80.7 cm³/mol. The summed E-state index contributed by atoms with van der Waals surface area (Å²) in [5.74, 6) is 0.319. The lowest BCUT2D eigenvalue weighted by Crippen LogP contribution is -2.41. The quantitative estimate of drug-likeness (QED) is 0.616. The largest absolute Gasteiger partial charge is 0.496 e. The first-order valence-electron chi connectivity index (χ1n) is 6.81. The van der Waals surface area contributed by atoms with Gasteiger partial charge < -0.3 is 15.0 Å². The maximum Gasteiger partial charge on any atom is 0.275 e. The number of non-ortho nitro benzene ring substituents is 1. The molecule has 0 aliphatic heterocycles. The highest BCUT2D eigenvalue weighted by molar-refractivity contribution is 5.84. The third kappa shape index (κ3) is 4.34. The van der Waals surface area contributed by atoms with E-state index in [2.05, 4.69) is 5.32 Å².